The number of carbonyl (C=O) groups is 2. The summed E-state index contributed by atoms with van der Waals surface area (Å²) in [4.78, 5) is 44.6. The Morgan fingerprint density at radius 1 is 0.383 bits per heavy atom. The van der Waals surface area contributed by atoms with Gasteiger partial charge in [0.15, 0.2) is 11.6 Å². The molecule has 0 saturated heterocycles. The maximum absolute atomic E-state index is 14.0. The molecule has 2 unspecified atom stereocenters. The number of unbranched alkanes of at least 4 members (excludes halogenated alkanes) is 2. The quantitative estimate of drug-likeness (QED) is 0.0249. The largest absolute Gasteiger partial charge is 0.744 e. The van der Waals surface area contributed by atoms with Crippen molar-refractivity contribution in [1.82, 2.24) is 0 Å². The molecule has 10 aromatic carbocycles. The zero-order chi connectivity index (χ0) is 92.6. The van der Waals surface area contributed by atoms with E-state index in [0.29, 0.717) is 39.9 Å². The molecule has 0 saturated carbocycles. The number of ketones is 2. The number of hydrogen-bond acceptors (Lipinski definition) is 13. The Balaban J connectivity index is 0.000000186. The van der Waals surface area contributed by atoms with Gasteiger partial charge in [-0.25, -0.2) is 18.4 Å². The van der Waals surface area contributed by atoms with Crippen LogP contribution in [0.1, 0.15) is 242 Å². The van der Waals surface area contributed by atoms with Crippen molar-refractivity contribution in [3.8, 4) is 0 Å². The zero-order valence-corrected chi connectivity index (χ0v) is 80.6. The van der Waals surface area contributed by atoms with Crippen molar-refractivity contribution in [1.29, 1.82) is 0 Å². The van der Waals surface area contributed by atoms with Crippen LogP contribution in [-0.2, 0) is 20.2 Å². The maximum atomic E-state index is 14.0. The molecule has 672 valence electrons. The van der Waals surface area contributed by atoms with Crippen molar-refractivity contribution in [2.45, 2.75) is 187 Å². The van der Waals surface area contributed by atoms with E-state index in [1.54, 1.807) is 69.3 Å². The van der Waals surface area contributed by atoms with Gasteiger partial charge in [0.1, 0.15) is 28.1 Å². The van der Waals surface area contributed by atoms with Crippen LogP contribution in [0.2, 0.25) is 0 Å². The third kappa shape index (κ3) is 21.7. The van der Waals surface area contributed by atoms with Gasteiger partial charge in [0.05, 0.1) is 38.5 Å². The van der Waals surface area contributed by atoms with Gasteiger partial charge in [0.25, 0.3) is 10.1 Å². The Morgan fingerprint density at radius 2 is 0.703 bits per heavy atom. The predicted octanol–water partition coefficient (Wildman–Crippen LogP) is 21.8. The Kier molecular flexibility index (Phi) is 33.0. The number of hydrogen-bond donors (Lipinski definition) is 5. The first-order valence-electron chi connectivity index (χ1n) is 46.1. The van der Waals surface area contributed by atoms with Crippen LogP contribution in [0, 0.1) is 67.2 Å². The standard InChI is InChI=1S/2C39H51N3.C32H30N2O8S2/c2*1-8-13-16-29(6)28-40-38-26-25-37(35-17-14-15-18-36(35)38)39(31-19-21-32(22-20-31)41(9-2)10-3)34-24-23-33(27-30(34)7)42(11-4)12-5;1-15-13-17(3)31(43(37,38)39)19(5)27(15)33-23-11-12-24(26-25(23)29(35)21-9-7-8-10-22(21)30(26)36)34-28-16(2)14-18(4)32(20(28)6)44(40,41)42/h2*14-15,17-27,29H,8-13,16,28H2,1-7H3;7-14,33-34H,1-6H3,(H,37,38,39)(H,40,41,42)/p+1. The van der Waals surface area contributed by atoms with E-state index in [1.165, 1.54) is 171 Å². The molecular weight excluding hydrogens is 1630 g/mol. The second kappa shape index (κ2) is 43.5. The van der Waals surface area contributed by atoms with Gasteiger partial charge in [-0.3, -0.25) is 14.1 Å². The SMILES string of the molecule is CCCCC(C)C[NH+]=C1C=CC(=C(c2ccc(N(CC)CC)cc2)c2ccc(N(CC)CC)cc2C)c2ccccc21.CCCCC(C)C[NH+]=C1C=CC(=C(c2ccc(N(CC)CC)cc2)c2ccc(N(CC)CC)cc2C)c2ccccc21.Cc1cc(C)c(S(=O)(=O)[O-])c(C)c1Nc1ccc(Nc2c(C)cc(C)c(S(=O)(=O)O)c2C)c2c1C(=O)c1ccccc1C2=O. The number of anilines is 8. The van der Waals surface area contributed by atoms with Crippen LogP contribution in [0.4, 0.5) is 45.5 Å². The third-order valence-electron chi connectivity index (χ3n) is 25.5. The molecule has 10 aromatic rings. The molecule has 18 heteroatoms. The lowest BCUT2D eigenvalue weighted by molar-refractivity contribution is -0.464. The van der Waals surface area contributed by atoms with E-state index in [4.69, 9.17) is 0 Å². The molecule has 3 aliphatic carbocycles. The van der Waals surface area contributed by atoms with Crippen molar-refractivity contribution in [3.05, 3.63) is 318 Å². The number of rotatable bonds is 32. The summed E-state index contributed by atoms with van der Waals surface area (Å²) in [6.45, 7) is 51.3. The first-order chi connectivity index (χ1) is 61.3. The van der Waals surface area contributed by atoms with Gasteiger partial charge in [-0.2, -0.15) is 8.42 Å². The highest BCUT2D eigenvalue weighted by molar-refractivity contribution is 7.86. The number of aryl methyl sites for hydroxylation is 6. The van der Waals surface area contributed by atoms with E-state index in [1.807, 2.05) is 0 Å². The van der Waals surface area contributed by atoms with Crippen molar-refractivity contribution < 1.29 is 45.5 Å². The summed E-state index contributed by atoms with van der Waals surface area (Å²) in [7, 11) is -9.40. The highest BCUT2D eigenvalue weighted by Gasteiger charge is 2.36. The maximum Gasteiger partial charge on any atom is 0.295 e. The summed E-state index contributed by atoms with van der Waals surface area (Å²) in [5, 5.41) is 6.27. The average molecular weight is 1760 g/mol. The van der Waals surface area contributed by atoms with Gasteiger partial charge in [0.2, 0.25) is 11.4 Å². The summed E-state index contributed by atoms with van der Waals surface area (Å²) >= 11 is 0. The van der Waals surface area contributed by atoms with Gasteiger partial charge in [0, 0.05) is 122 Å². The van der Waals surface area contributed by atoms with Gasteiger partial charge in [-0.1, -0.05) is 163 Å². The molecule has 2 atom stereocenters. The smallest absolute Gasteiger partial charge is 0.295 e. The fraction of sp³-hybridized carbons (Fsp3) is 0.345. The summed E-state index contributed by atoms with van der Waals surface area (Å²) < 4.78 is 70.6. The van der Waals surface area contributed by atoms with Crippen molar-refractivity contribution >= 4 is 111 Å². The fourth-order valence-electron chi connectivity index (χ4n) is 18.6. The van der Waals surface area contributed by atoms with Gasteiger partial charge in [-0.05, 0) is 309 Å². The lowest BCUT2D eigenvalue weighted by Crippen LogP contribution is -2.74. The first kappa shape index (κ1) is 97.1. The minimum Gasteiger partial charge on any atom is -0.744 e. The Hall–Kier alpha value is -11.5. The normalized spacial score (nSPS) is 14.6. The molecule has 0 fully saturated rings. The fourth-order valence-corrected chi connectivity index (χ4v) is 20.5. The number of nitrogens with zero attached hydrogens (tertiary/aromatic N) is 4. The molecule has 16 nitrogen and oxygen atoms in total. The molecule has 0 aromatic heterocycles. The van der Waals surface area contributed by atoms with Crippen molar-refractivity contribution in [2.24, 2.45) is 11.8 Å². The molecule has 13 rings (SSSR count). The summed E-state index contributed by atoms with van der Waals surface area (Å²) in [6, 6.07) is 62.9. The zero-order valence-electron chi connectivity index (χ0n) is 79.0. The number of carbonyl (C=O) groups excluding carboxylic acids is 2. The van der Waals surface area contributed by atoms with E-state index in [-0.39, 0.29) is 60.1 Å². The number of fused-ring (bicyclic) bond motifs is 4. The van der Waals surface area contributed by atoms with Crippen molar-refractivity contribution in [3.63, 3.8) is 0 Å². The molecule has 0 spiro atoms. The van der Waals surface area contributed by atoms with Crippen LogP contribution in [0.25, 0.3) is 22.3 Å². The molecule has 128 heavy (non-hydrogen) atoms. The first-order valence-corrected chi connectivity index (χ1v) is 48.9. The van der Waals surface area contributed by atoms with Crippen LogP contribution in [-0.4, -0.2) is 114 Å². The van der Waals surface area contributed by atoms with Gasteiger partial charge < -0.3 is 34.8 Å². The molecule has 0 heterocycles. The predicted molar refractivity (Wildman–Crippen MR) is 535 cm³/mol. The highest BCUT2D eigenvalue weighted by atomic mass is 32.2. The van der Waals surface area contributed by atoms with Crippen LogP contribution in [0.3, 0.4) is 0 Å². The lowest BCUT2D eigenvalue weighted by Gasteiger charge is -2.26. The Bertz CT molecular complexity index is 5790. The van der Waals surface area contributed by atoms with Crippen LogP contribution in [0.15, 0.2) is 216 Å². The molecular formula is C110H133N8O8S2+. The summed E-state index contributed by atoms with van der Waals surface area (Å²) in [5.74, 6) is 0.388. The average Bonchev–Trinajstić information content (AvgIpc) is 0.719. The molecule has 0 aliphatic heterocycles. The summed E-state index contributed by atoms with van der Waals surface area (Å²) in [6.07, 6.45) is 16.9. The minimum absolute atomic E-state index is 0.0158. The molecule has 0 amide bonds. The minimum atomic E-state index is -4.82. The van der Waals surface area contributed by atoms with E-state index < -0.39 is 31.8 Å². The molecule has 0 radical (unpaired) electrons. The van der Waals surface area contributed by atoms with Gasteiger partial charge >= 0.3 is 0 Å². The van der Waals surface area contributed by atoms with Gasteiger partial charge in [-0.15, -0.1) is 0 Å². The third-order valence-corrected chi connectivity index (χ3v) is 27.7. The Labute approximate surface area is 763 Å². The van der Waals surface area contributed by atoms with E-state index in [2.05, 4.69) is 295 Å². The van der Waals surface area contributed by atoms with Crippen LogP contribution >= 0.6 is 0 Å². The van der Waals surface area contributed by atoms with Crippen molar-refractivity contribution in [2.75, 3.05) is 95.7 Å². The molecule has 0 bridgehead atoms. The van der Waals surface area contributed by atoms with E-state index >= 15 is 0 Å². The number of nitrogens with one attached hydrogen (secondary N) is 4. The molecule has 5 N–H and O–H groups in total. The Morgan fingerprint density at radius 3 is 1.03 bits per heavy atom. The number of benzene rings is 10. The number of allylic oxidation sites excluding steroid dienone is 6. The van der Waals surface area contributed by atoms with Crippen LogP contribution < -0.4 is 40.2 Å². The topological polar surface area (TPSA) is 211 Å². The lowest BCUT2D eigenvalue weighted by atomic mass is 9.82. The second-order valence-corrected chi connectivity index (χ2v) is 36.8. The van der Waals surface area contributed by atoms with E-state index in [9.17, 15) is 35.5 Å². The highest BCUT2D eigenvalue weighted by Crippen LogP contribution is 2.46. The summed E-state index contributed by atoms with van der Waals surface area (Å²) in [5.41, 5.74) is 29.3. The van der Waals surface area contributed by atoms with Crippen LogP contribution in [0.5, 0.6) is 0 Å². The molecule has 3 aliphatic rings. The monoisotopic (exact) mass is 1760 g/mol. The van der Waals surface area contributed by atoms with E-state index in [0.717, 1.165) is 65.4 Å². The second-order valence-electron chi connectivity index (χ2n) is 34.2.